The van der Waals surface area contributed by atoms with Gasteiger partial charge in [-0.05, 0) is 29.9 Å². The Bertz CT molecular complexity index is 885. The third kappa shape index (κ3) is 6.19. The van der Waals surface area contributed by atoms with Gasteiger partial charge in [-0.25, -0.2) is 4.79 Å². The lowest BCUT2D eigenvalue weighted by molar-refractivity contribution is -0.139. The number of hydrogen-bond acceptors (Lipinski definition) is 4. The van der Waals surface area contributed by atoms with Crippen molar-refractivity contribution in [2.75, 3.05) is 13.1 Å². The van der Waals surface area contributed by atoms with Crippen LogP contribution in [0.3, 0.4) is 0 Å². The summed E-state index contributed by atoms with van der Waals surface area (Å²) in [6, 6.07) is 18.0. The van der Waals surface area contributed by atoms with Crippen LogP contribution in [0, 0.1) is 5.92 Å². The zero-order valence-corrected chi connectivity index (χ0v) is 18.9. The topological polar surface area (TPSA) is 66.9 Å². The Kier molecular flexibility index (Phi) is 8.42. The maximum absolute atomic E-state index is 13.6. The molecule has 2 aromatic carbocycles. The monoisotopic (exact) mass is 436 g/mol. The highest BCUT2D eigenvalue weighted by Gasteiger charge is 2.38. The van der Waals surface area contributed by atoms with E-state index in [1.54, 1.807) is 9.80 Å². The molecule has 1 fully saturated rings. The maximum atomic E-state index is 13.6. The van der Waals surface area contributed by atoms with E-state index in [2.05, 4.69) is 0 Å². The van der Waals surface area contributed by atoms with Crippen molar-refractivity contribution in [3.8, 4) is 0 Å². The van der Waals surface area contributed by atoms with Crippen molar-refractivity contribution in [1.82, 2.24) is 9.80 Å². The Morgan fingerprint density at radius 3 is 2.28 bits per heavy atom. The minimum Gasteiger partial charge on any atom is -0.445 e. The Morgan fingerprint density at radius 1 is 1.06 bits per heavy atom. The summed E-state index contributed by atoms with van der Waals surface area (Å²) < 4.78 is 5.62. The van der Waals surface area contributed by atoms with Gasteiger partial charge in [0.1, 0.15) is 18.9 Å². The van der Waals surface area contributed by atoms with Crippen LogP contribution in [-0.2, 0) is 27.4 Å². The maximum Gasteiger partial charge on any atom is 0.410 e. The zero-order valence-electron chi connectivity index (χ0n) is 18.9. The molecule has 2 aromatic rings. The summed E-state index contributed by atoms with van der Waals surface area (Å²) in [6.07, 6.45) is 2.14. The van der Waals surface area contributed by atoms with Gasteiger partial charge < -0.3 is 14.4 Å². The summed E-state index contributed by atoms with van der Waals surface area (Å²) in [6.45, 7) is 5.07. The first kappa shape index (κ1) is 23.5. The van der Waals surface area contributed by atoms with Crippen LogP contribution < -0.4 is 0 Å². The second-order valence-corrected chi connectivity index (χ2v) is 8.67. The van der Waals surface area contributed by atoms with Gasteiger partial charge in [0.2, 0.25) is 5.91 Å². The fourth-order valence-electron chi connectivity index (χ4n) is 4.09. The summed E-state index contributed by atoms with van der Waals surface area (Å²) in [4.78, 5) is 41.6. The van der Waals surface area contributed by atoms with E-state index in [9.17, 15) is 14.4 Å². The Labute approximate surface area is 190 Å². The highest BCUT2D eigenvalue weighted by atomic mass is 16.6. The van der Waals surface area contributed by atoms with Crippen molar-refractivity contribution in [2.24, 2.45) is 5.92 Å². The standard InChI is InChI=1S/C26H32N2O4/c1-20(2)17-28(26(31)32-19-22-12-7-4-8-13-22)24(16-21-10-5-3-6-11-21)25(30)27-15-9-14-23(27)18-29/h3-8,10-13,18,20,23-24H,9,14-17,19H2,1-2H3/t23-,24+/m0/s1. The van der Waals surface area contributed by atoms with Crippen LogP contribution >= 0.6 is 0 Å². The van der Waals surface area contributed by atoms with Gasteiger partial charge in [-0.15, -0.1) is 0 Å². The molecule has 6 nitrogen and oxygen atoms in total. The van der Waals surface area contributed by atoms with Gasteiger partial charge in [-0.1, -0.05) is 74.5 Å². The fourth-order valence-corrected chi connectivity index (χ4v) is 4.09. The average Bonchev–Trinajstić information content (AvgIpc) is 3.29. The molecule has 32 heavy (non-hydrogen) atoms. The number of carbonyl (C=O) groups is 3. The predicted molar refractivity (Wildman–Crippen MR) is 123 cm³/mol. The van der Waals surface area contributed by atoms with Crippen LogP contribution in [0.5, 0.6) is 0 Å². The summed E-state index contributed by atoms with van der Waals surface area (Å²) in [5.74, 6) is -0.0495. The number of benzene rings is 2. The minimum atomic E-state index is -0.733. The Balaban J connectivity index is 1.86. The first-order valence-corrected chi connectivity index (χ1v) is 11.3. The number of likely N-dealkylation sites (tertiary alicyclic amines) is 1. The molecule has 3 rings (SSSR count). The number of aldehydes is 1. The second kappa shape index (κ2) is 11.5. The van der Waals surface area contributed by atoms with E-state index in [0.717, 1.165) is 23.8 Å². The van der Waals surface area contributed by atoms with Gasteiger partial charge in [0, 0.05) is 19.5 Å². The quantitative estimate of drug-likeness (QED) is 0.556. The van der Waals surface area contributed by atoms with Crippen molar-refractivity contribution in [3.63, 3.8) is 0 Å². The summed E-state index contributed by atoms with van der Waals surface area (Å²) >= 11 is 0. The van der Waals surface area contributed by atoms with E-state index in [0.29, 0.717) is 25.9 Å². The Morgan fingerprint density at radius 2 is 1.69 bits per heavy atom. The molecule has 0 unspecified atom stereocenters. The number of nitrogens with zero attached hydrogens (tertiary/aromatic N) is 2. The largest absolute Gasteiger partial charge is 0.445 e. The summed E-state index contributed by atoms with van der Waals surface area (Å²) in [5.41, 5.74) is 1.84. The summed E-state index contributed by atoms with van der Waals surface area (Å²) in [5, 5.41) is 0. The minimum absolute atomic E-state index is 0.140. The molecule has 170 valence electrons. The van der Waals surface area contributed by atoms with Gasteiger partial charge in [-0.3, -0.25) is 9.69 Å². The van der Waals surface area contributed by atoms with E-state index in [1.165, 1.54) is 0 Å². The first-order chi connectivity index (χ1) is 15.5. The molecule has 0 aromatic heterocycles. The van der Waals surface area contributed by atoms with E-state index in [1.807, 2.05) is 74.5 Å². The number of carbonyl (C=O) groups excluding carboxylic acids is 3. The third-order valence-corrected chi connectivity index (χ3v) is 5.67. The number of rotatable bonds is 9. The van der Waals surface area contributed by atoms with Gasteiger partial charge in [-0.2, -0.15) is 0 Å². The van der Waals surface area contributed by atoms with Gasteiger partial charge in [0.15, 0.2) is 0 Å². The highest BCUT2D eigenvalue weighted by Crippen LogP contribution is 2.22. The summed E-state index contributed by atoms with van der Waals surface area (Å²) in [7, 11) is 0. The smallest absolute Gasteiger partial charge is 0.410 e. The lowest BCUT2D eigenvalue weighted by Gasteiger charge is -2.35. The molecular weight excluding hydrogens is 404 g/mol. The van der Waals surface area contributed by atoms with Crippen LogP contribution in [0.15, 0.2) is 60.7 Å². The Hall–Kier alpha value is -3.15. The van der Waals surface area contributed by atoms with E-state index in [-0.39, 0.29) is 18.4 Å². The van der Waals surface area contributed by atoms with Crippen molar-refractivity contribution in [3.05, 3.63) is 71.8 Å². The molecule has 0 saturated carbocycles. The van der Waals surface area contributed by atoms with Gasteiger partial charge in [0.25, 0.3) is 0 Å². The molecule has 0 N–H and O–H groups in total. The lowest BCUT2D eigenvalue weighted by Crippen LogP contribution is -2.54. The SMILES string of the molecule is CC(C)CN(C(=O)OCc1ccccc1)[C@H](Cc1ccccc1)C(=O)N1CCC[C@H]1C=O. The molecule has 1 saturated heterocycles. The van der Waals surface area contributed by atoms with Crippen LogP contribution in [0.2, 0.25) is 0 Å². The first-order valence-electron chi connectivity index (χ1n) is 11.3. The molecule has 0 bridgehead atoms. The average molecular weight is 437 g/mol. The molecule has 0 spiro atoms. The molecule has 6 heteroatoms. The van der Waals surface area contributed by atoms with Crippen molar-refractivity contribution in [1.29, 1.82) is 0 Å². The van der Waals surface area contributed by atoms with Crippen LogP contribution in [0.1, 0.15) is 37.8 Å². The molecule has 2 amide bonds. The third-order valence-electron chi connectivity index (χ3n) is 5.67. The van der Waals surface area contributed by atoms with Gasteiger partial charge >= 0.3 is 6.09 Å². The van der Waals surface area contributed by atoms with Crippen molar-refractivity contribution < 1.29 is 19.1 Å². The molecule has 2 atom stereocenters. The molecule has 1 aliphatic heterocycles. The number of hydrogen-bond donors (Lipinski definition) is 0. The molecule has 0 aliphatic carbocycles. The fraction of sp³-hybridized carbons (Fsp3) is 0.423. The number of amides is 2. The van der Waals surface area contributed by atoms with Crippen LogP contribution in [0.25, 0.3) is 0 Å². The van der Waals surface area contributed by atoms with Gasteiger partial charge in [0.05, 0.1) is 6.04 Å². The second-order valence-electron chi connectivity index (χ2n) is 8.67. The molecule has 1 aliphatic rings. The predicted octanol–water partition coefficient (Wildman–Crippen LogP) is 4.08. The van der Waals surface area contributed by atoms with Crippen LogP contribution in [-0.4, -0.2) is 53.3 Å². The molecular formula is C26H32N2O4. The molecule has 1 heterocycles. The van der Waals surface area contributed by atoms with Crippen molar-refractivity contribution in [2.45, 2.75) is 51.8 Å². The van der Waals surface area contributed by atoms with E-state index in [4.69, 9.17) is 4.74 Å². The number of ether oxygens (including phenoxy) is 1. The highest BCUT2D eigenvalue weighted by molar-refractivity contribution is 5.88. The lowest BCUT2D eigenvalue weighted by atomic mass is 10.0. The normalized spacial score (nSPS) is 16.6. The zero-order chi connectivity index (χ0) is 22.9. The van der Waals surface area contributed by atoms with E-state index >= 15 is 0 Å². The van der Waals surface area contributed by atoms with Crippen LogP contribution in [0.4, 0.5) is 4.79 Å². The van der Waals surface area contributed by atoms with Crippen molar-refractivity contribution >= 4 is 18.3 Å². The molecule has 0 radical (unpaired) electrons. The van der Waals surface area contributed by atoms with E-state index < -0.39 is 18.2 Å².